The molecule has 0 rings (SSSR count). The van der Waals surface area contributed by atoms with Crippen molar-refractivity contribution in [1.29, 1.82) is 0 Å². The average molecular weight is 246 g/mol. The molecule has 100 valence electrons. The summed E-state index contributed by atoms with van der Waals surface area (Å²) in [5.74, 6) is 0. The van der Waals surface area contributed by atoms with Crippen LogP contribution in [0.15, 0.2) is 0 Å². The molecular formula is C15H35P. The van der Waals surface area contributed by atoms with E-state index in [4.69, 9.17) is 0 Å². The molecule has 1 heteroatoms. The van der Waals surface area contributed by atoms with Gasteiger partial charge in [0.15, 0.2) is 0 Å². The van der Waals surface area contributed by atoms with Crippen molar-refractivity contribution in [2.24, 2.45) is 0 Å². The topological polar surface area (TPSA) is 0 Å². The second-order valence-corrected chi connectivity index (χ2v) is 10.9. The van der Waals surface area contributed by atoms with E-state index in [-0.39, 0.29) is 0 Å². The van der Waals surface area contributed by atoms with Crippen LogP contribution >= 0.6 is 7.26 Å². The Balaban J connectivity index is 3.67. The Labute approximate surface area is 105 Å². The molecule has 0 atom stereocenters. The normalized spacial score (nSPS) is 13.0. The molecule has 0 fully saturated rings. The molecule has 0 nitrogen and oxygen atoms in total. The molecule has 0 saturated heterocycles. The van der Waals surface area contributed by atoms with Gasteiger partial charge in [-0.05, 0) is 0 Å². The van der Waals surface area contributed by atoms with E-state index >= 15 is 0 Å². The fourth-order valence-corrected chi connectivity index (χ4v) is 7.12. The van der Waals surface area contributed by atoms with Crippen molar-refractivity contribution >= 4 is 7.26 Å². The van der Waals surface area contributed by atoms with Crippen molar-refractivity contribution in [3.8, 4) is 0 Å². The number of rotatable bonds is 11. The van der Waals surface area contributed by atoms with Crippen LogP contribution in [0.1, 0.15) is 72.6 Å². The van der Waals surface area contributed by atoms with Gasteiger partial charge in [0.2, 0.25) is 0 Å². The molecule has 0 aliphatic rings. The van der Waals surface area contributed by atoms with Gasteiger partial charge in [0.1, 0.15) is 0 Å². The summed E-state index contributed by atoms with van der Waals surface area (Å²) in [6.07, 6.45) is 16.4. The van der Waals surface area contributed by atoms with Crippen molar-refractivity contribution in [1.82, 2.24) is 0 Å². The van der Waals surface area contributed by atoms with Gasteiger partial charge in [0.25, 0.3) is 0 Å². The molecule has 0 N–H and O–H groups in total. The molecule has 0 saturated carbocycles. The molecule has 0 unspecified atom stereocenters. The third kappa shape index (κ3) is 6.89. The third-order valence-corrected chi connectivity index (χ3v) is 10.3. The minimum absolute atomic E-state index is 0.812. The van der Waals surface area contributed by atoms with E-state index in [9.17, 15) is 0 Å². The van der Waals surface area contributed by atoms with Gasteiger partial charge >= 0.3 is 105 Å². The maximum absolute atomic E-state index is 2.45. The van der Waals surface area contributed by atoms with E-state index in [2.05, 4.69) is 27.7 Å². The third-order valence-electron chi connectivity index (χ3n) is 4.34. The van der Waals surface area contributed by atoms with Gasteiger partial charge in [-0.1, -0.05) is 0 Å². The quantitative estimate of drug-likeness (QED) is 0.331. The van der Waals surface area contributed by atoms with Crippen molar-refractivity contribution in [2.75, 3.05) is 24.6 Å². The number of hydrogen-bond donors (Lipinski definition) is 0. The second-order valence-electron chi connectivity index (χ2n) is 5.47. The Bertz CT molecular complexity index is 138. The van der Waals surface area contributed by atoms with Gasteiger partial charge in [-0.15, -0.1) is 0 Å². The summed E-state index contributed by atoms with van der Waals surface area (Å²) in [4.78, 5) is 0. The SMILES string of the molecule is CCCCCCCC[PH](CC)(CC)CCC. The van der Waals surface area contributed by atoms with E-state index in [0.717, 1.165) is 0 Å². The predicted molar refractivity (Wildman–Crippen MR) is 82.8 cm³/mol. The second kappa shape index (κ2) is 10.6. The van der Waals surface area contributed by atoms with Crippen LogP contribution in [0.3, 0.4) is 0 Å². The first-order valence-corrected chi connectivity index (χ1v) is 10.6. The minimum atomic E-state index is -0.812. The summed E-state index contributed by atoms with van der Waals surface area (Å²) in [7, 11) is -0.812. The van der Waals surface area contributed by atoms with Crippen LogP contribution in [-0.4, -0.2) is 24.6 Å². The zero-order valence-corrected chi connectivity index (χ0v) is 13.3. The standard InChI is InChI=1S/C15H35P/c1-5-9-10-11-12-13-15-16(7-3,8-4)14-6-2/h16H,5-15H2,1-4H3. The summed E-state index contributed by atoms with van der Waals surface area (Å²) in [5, 5.41) is 0. The number of hydrogen-bond acceptors (Lipinski definition) is 0. The van der Waals surface area contributed by atoms with Crippen LogP contribution < -0.4 is 0 Å². The summed E-state index contributed by atoms with van der Waals surface area (Å²) >= 11 is 0. The molecule has 0 spiro atoms. The van der Waals surface area contributed by atoms with Gasteiger partial charge in [-0.2, -0.15) is 0 Å². The molecule has 0 bridgehead atoms. The van der Waals surface area contributed by atoms with Crippen LogP contribution in [0, 0.1) is 0 Å². The summed E-state index contributed by atoms with van der Waals surface area (Å²) in [6, 6.07) is 0. The maximum atomic E-state index is 2.45. The summed E-state index contributed by atoms with van der Waals surface area (Å²) < 4.78 is 0. The molecule has 0 radical (unpaired) electrons. The molecule has 0 aliphatic heterocycles. The Morgan fingerprint density at radius 1 is 0.562 bits per heavy atom. The molecule has 0 aliphatic carbocycles. The van der Waals surface area contributed by atoms with Gasteiger partial charge in [0, 0.05) is 0 Å². The summed E-state index contributed by atoms with van der Waals surface area (Å²) in [5.41, 5.74) is 0. The van der Waals surface area contributed by atoms with Crippen molar-refractivity contribution in [2.45, 2.75) is 72.6 Å². The monoisotopic (exact) mass is 246 g/mol. The summed E-state index contributed by atoms with van der Waals surface area (Å²) in [6.45, 7) is 9.56. The van der Waals surface area contributed by atoms with Crippen molar-refractivity contribution in [3.63, 3.8) is 0 Å². The van der Waals surface area contributed by atoms with E-state index < -0.39 is 7.26 Å². The van der Waals surface area contributed by atoms with E-state index in [0.29, 0.717) is 0 Å². The van der Waals surface area contributed by atoms with Gasteiger partial charge in [-0.3, -0.25) is 0 Å². The van der Waals surface area contributed by atoms with Crippen LogP contribution in [0.2, 0.25) is 0 Å². The first-order valence-electron chi connectivity index (χ1n) is 7.74. The molecular weight excluding hydrogens is 211 g/mol. The Hall–Kier alpha value is 0.430. The zero-order chi connectivity index (χ0) is 12.3. The molecule has 0 aromatic heterocycles. The number of unbranched alkanes of at least 4 members (excludes halogenated alkanes) is 5. The van der Waals surface area contributed by atoms with Crippen LogP contribution in [0.4, 0.5) is 0 Å². The molecule has 0 aromatic rings. The molecule has 16 heavy (non-hydrogen) atoms. The van der Waals surface area contributed by atoms with Gasteiger partial charge in [-0.25, -0.2) is 0 Å². The Kier molecular flexibility index (Phi) is 10.9. The van der Waals surface area contributed by atoms with Crippen LogP contribution in [0.5, 0.6) is 0 Å². The van der Waals surface area contributed by atoms with Crippen molar-refractivity contribution < 1.29 is 0 Å². The van der Waals surface area contributed by atoms with Crippen LogP contribution in [0.25, 0.3) is 0 Å². The fourth-order valence-electron chi connectivity index (χ4n) is 2.89. The predicted octanol–water partition coefficient (Wildman–Crippen LogP) is 5.55. The zero-order valence-electron chi connectivity index (χ0n) is 12.3. The van der Waals surface area contributed by atoms with Crippen molar-refractivity contribution in [3.05, 3.63) is 0 Å². The molecule has 0 aromatic carbocycles. The Morgan fingerprint density at radius 3 is 1.62 bits per heavy atom. The Morgan fingerprint density at radius 2 is 1.12 bits per heavy atom. The first kappa shape index (κ1) is 16.4. The molecule has 0 amide bonds. The molecule has 0 heterocycles. The fraction of sp³-hybridized carbons (Fsp3) is 1.00. The van der Waals surface area contributed by atoms with Crippen LogP contribution in [-0.2, 0) is 0 Å². The van der Waals surface area contributed by atoms with Gasteiger partial charge in [0.05, 0.1) is 0 Å². The van der Waals surface area contributed by atoms with E-state index in [1.54, 1.807) is 12.3 Å². The average Bonchev–Trinajstić information content (AvgIpc) is 2.32. The van der Waals surface area contributed by atoms with E-state index in [1.165, 1.54) is 57.3 Å². The first-order chi connectivity index (χ1) is 7.74. The van der Waals surface area contributed by atoms with Gasteiger partial charge < -0.3 is 0 Å². The van der Waals surface area contributed by atoms with E-state index in [1.807, 2.05) is 0 Å².